The molecule has 0 radical (unpaired) electrons. The van der Waals surface area contributed by atoms with E-state index < -0.39 is 0 Å². The van der Waals surface area contributed by atoms with Crippen LogP contribution in [0.1, 0.15) is 36.1 Å². The van der Waals surface area contributed by atoms with Crippen molar-refractivity contribution in [1.29, 1.82) is 0 Å². The SMILES string of the molecule is Cc1cc(C(=O)Nc2nnc(-c3cc4ccccc4o3)o2)n(C(C)C)n1. The maximum Gasteiger partial charge on any atom is 0.322 e. The molecule has 1 N–H and O–H groups in total. The Balaban J connectivity index is 1.58. The summed E-state index contributed by atoms with van der Waals surface area (Å²) in [5.74, 6) is 0.284. The molecule has 0 saturated heterocycles. The molecule has 1 amide bonds. The number of para-hydroxylation sites is 1. The first-order chi connectivity index (χ1) is 12.5. The van der Waals surface area contributed by atoms with Crippen LogP contribution in [0.4, 0.5) is 6.01 Å². The van der Waals surface area contributed by atoms with Crippen molar-refractivity contribution in [2.75, 3.05) is 5.32 Å². The molecule has 26 heavy (non-hydrogen) atoms. The van der Waals surface area contributed by atoms with Crippen LogP contribution in [0, 0.1) is 6.92 Å². The van der Waals surface area contributed by atoms with E-state index in [-0.39, 0.29) is 23.9 Å². The number of aromatic nitrogens is 4. The second-order valence-electron chi connectivity index (χ2n) is 6.22. The Morgan fingerprint density at radius 1 is 1.15 bits per heavy atom. The van der Waals surface area contributed by atoms with E-state index >= 15 is 0 Å². The molecule has 3 aromatic heterocycles. The van der Waals surface area contributed by atoms with Crippen molar-refractivity contribution < 1.29 is 13.6 Å². The number of hydrogen-bond acceptors (Lipinski definition) is 6. The summed E-state index contributed by atoms with van der Waals surface area (Å²) in [6.07, 6.45) is 0. The Labute approximate surface area is 148 Å². The van der Waals surface area contributed by atoms with Crippen LogP contribution in [0.2, 0.25) is 0 Å². The van der Waals surface area contributed by atoms with Crippen molar-refractivity contribution >= 4 is 22.9 Å². The highest BCUT2D eigenvalue weighted by Crippen LogP contribution is 2.27. The lowest BCUT2D eigenvalue weighted by Gasteiger charge is -2.09. The molecule has 3 heterocycles. The molecule has 132 valence electrons. The Kier molecular flexibility index (Phi) is 3.80. The molecule has 4 aromatic rings. The number of rotatable bonds is 4. The third kappa shape index (κ3) is 2.85. The normalized spacial score (nSPS) is 11.4. The van der Waals surface area contributed by atoms with Gasteiger partial charge in [-0.15, -0.1) is 5.10 Å². The molecular weight excluding hydrogens is 334 g/mol. The molecule has 4 rings (SSSR count). The minimum atomic E-state index is -0.362. The number of fused-ring (bicyclic) bond motifs is 1. The second-order valence-corrected chi connectivity index (χ2v) is 6.22. The van der Waals surface area contributed by atoms with E-state index in [9.17, 15) is 4.79 Å². The number of aryl methyl sites for hydroxylation is 1. The predicted molar refractivity (Wildman–Crippen MR) is 94.8 cm³/mol. The summed E-state index contributed by atoms with van der Waals surface area (Å²) in [6, 6.07) is 11.2. The number of carbonyl (C=O) groups excluding carboxylic acids is 1. The lowest BCUT2D eigenvalue weighted by atomic mass is 10.2. The molecule has 0 fully saturated rings. The summed E-state index contributed by atoms with van der Waals surface area (Å²) < 4.78 is 12.9. The van der Waals surface area contributed by atoms with Crippen molar-refractivity contribution in [2.24, 2.45) is 0 Å². The zero-order valence-electron chi connectivity index (χ0n) is 14.6. The molecule has 1 aromatic carbocycles. The number of nitrogens with zero attached hydrogens (tertiary/aromatic N) is 4. The average molecular weight is 351 g/mol. The van der Waals surface area contributed by atoms with Crippen LogP contribution >= 0.6 is 0 Å². The Hall–Kier alpha value is -3.42. The highest BCUT2D eigenvalue weighted by molar-refractivity contribution is 6.02. The van der Waals surface area contributed by atoms with Gasteiger partial charge in [-0.3, -0.25) is 14.8 Å². The highest BCUT2D eigenvalue weighted by Gasteiger charge is 2.19. The summed E-state index contributed by atoms with van der Waals surface area (Å²) in [7, 11) is 0. The van der Waals surface area contributed by atoms with Crippen LogP contribution in [0.25, 0.3) is 22.6 Å². The molecule has 0 aliphatic heterocycles. The molecule has 0 bridgehead atoms. The van der Waals surface area contributed by atoms with Crippen LogP contribution in [0.15, 0.2) is 45.2 Å². The smallest absolute Gasteiger partial charge is 0.322 e. The fourth-order valence-electron chi connectivity index (χ4n) is 2.70. The van der Waals surface area contributed by atoms with Crippen molar-refractivity contribution in [3.63, 3.8) is 0 Å². The van der Waals surface area contributed by atoms with Crippen LogP contribution in [-0.4, -0.2) is 25.9 Å². The lowest BCUT2D eigenvalue weighted by molar-refractivity contribution is 0.101. The summed E-state index contributed by atoms with van der Waals surface area (Å²) in [5, 5.41) is 15.7. The molecule has 0 aliphatic rings. The van der Waals surface area contributed by atoms with Crippen molar-refractivity contribution in [3.8, 4) is 11.7 Å². The molecule has 8 heteroatoms. The number of amides is 1. The van der Waals surface area contributed by atoms with Gasteiger partial charge in [0, 0.05) is 11.4 Å². The summed E-state index contributed by atoms with van der Waals surface area (Å²) in [6.45, 7) is 5.74. The maximum atomic E-state index is 12.5. The predicted octanol–water partition coefficient (Wildman–Crippen LogP) is 3.82. The first kappa shape index (κ1) is 16.1. The minimum absolute atomic E-state index is 0.000356. The van der Waals surface area contributed by atoms with E-state index in [1.807, 2.05) is 51.1 Å². The molecule has 8 nitrogen and oxygen atoms in total. The molecule has 0 spiro atoms. The molecule has 0 atom stereocenters. The van der Waals surface area contributed by atoms with Gasteiger partial charge >= 0.3 is 6.01 Å². The Morgan fingerprint density at radius 3 is 2.73 bits per heavy atom. The van der Waals surface area contributed by atoms with E-state index in [4.69, 9.17) is 8.83 Å². The van der Waals surface area contributed by atoms with Gasteiger partial charge in [-0.1, -0.05) is 23.3 Å². The van der Waals surface area contributed by atoms with Gasteiger partial charge in [-0.2, -0.15) is 5.10 Å². The van der Waals surface area contributed by atoms with Gasteiger partial charge in [-0.05, 0) is 39.0 Å². The first-order valence-corrected chi connectivity index (χ1v) is 8.21. The van der Waals surface area contributed by atoms with Gasteiger partial charge in [0.15, 0.2) is 5.76 Å². The topological polar surface area (TPSA) is 99.0 Å². The number of benzene rings is 1. The largest absolute Gasteiger partial charge is 0.451 e. The standard InChI is InChI=1S/C18H17N5O3/c1-10(2)23-13(8-11(3)22-23)16(24)19-18-21-20-17(26-18)15-9-12-6-4-5-7-14(12)25-15/h4-10H,1-3H3,(H,19,21,24). The van der Waals surface area contributed by atoms with Crippen LogP contribution < -0.4 is 5.32 Å². The Bertz CT molecular complexity index is 1060. The van der Waals surface area contributed by atoms with Crippen LogP contribution in [0.3, 0.4) is 0 Å². The van der Waals surface area contributed by atoms with Gasteiger partial charge in [0.25, 0.3) is 11.8 Å². The number of carbonyl (C=O) groups is 1. The molecule has 0 aliphatic carbocycles. The van der Waals surface area contributed by atoms with Gasteiger partial charge < -0.3 is 8.83 Å². The van der Waals surface area contributed by atoms with Gasteiger partial charge in [0.05, 0.1) is 5.69 Å². The zero-order valence-corrected chi connectivity index (χ0v) is 14.6. The van der Waals surface area contributed by atoms with Gasteiger partial charge in [0.2, 0.25) is 0 Å². The summed E-state index contributed by atoms with van der Waals surface area (Å²) in [5.41, 5.74) is 1.92. The second kappa shape index (κ2) is 6.14. The fourth-order valence-corrected chi connectivity index (χ4v) is 2.70. The lowest BCUT2D eigenvalue weighted by Crippen LogP contribution is -2.19. The van der Waals surface area contributed by atoms with E-state index in [1.54, 1.807) is 10.7 Å². The zero-order chi connectivity index (χ0) is 18.3. The van der Waals surface area contributed by atoms with E-state index in [1.165, 1.54) is 0 Å². The number of anilines is 1. The number of nitrogens with one attached hydrogen (secondary N) is 1. The average Bonchev–Trinajstić information content (AvgIpc) is 3.31. The summed E-state index contributed by atoms with van der Waals surface area (Å²) >= 11 is 0. The quantitative estimate of drug-likeness (QED) is 0.600. The number of furan rings is 1. The molecule has 0 unspecified atom stereocenters. The molecular formula is C18H17N5O3. The van der Waals surface area contributed by atoms with Crippen molar-refractivity contribution in [3.05, 3.63) is 47.8 Å². The third-order valence-electron chi connectivity index (χ3n) is 3.86. The number of hydrogen-bond donors (Lipinski definition) is 1. The summed E-state index contributed by atoms with van der Waals surface area (Å²) in [4.78, 5) is 12.5. The highest BCUT2D eigenvalue weighted by atomic mass is 16.4. The van der Waals surface area contributed by atoms with E-state index in [0.29, 0.717) is 11.5 Å². The van der Waals surface area contributed by atoms with E-state index in [0.717, 1.165) is 16.7 Å². The fraction of sp³-hybridized carbons (Fsp3) is 0.222. The molecule has 0 saturated carbocycles. The third-order valence-corrected chi connectivity index (χ3v) is 3.86. The first-order valence-electron chi connectivity index (χ1n) is 8.21. The minimum Gasteiger partial charge on any atom is -0.451 e. The maximum absolute atomic E-state index is 12.5. The monoisotopic (exact) mass is 351 g/mol. The van der Waals surface area contributed by atoms with Crippen molar-refractivity contribution in [2.45, 2.75) is 26.8 Å². The van der Waals surface area contributed by atoms with E-state index in [2.05, 4.69) is 20.6 Å². The Morgan fingerprint density at radius 2 is 1.96 bits per heavy atom. The van der Waals surface area contributed by atoms with Gasteiger partial charge in [0.1, 0.15) is 11.3 Å². The van der Waals surface area contributed by atoms with Crippen LogP contribution in [0.5, 0.6) is 0 Å². The van der Waals surface area contributed by atoms with Crippen molar-refractivity contribution in [1.82, 2.24) is 20.0 Å². The van der Waals surface area contributed by atoms with Crippen LogP contribution in [-0.2, 0) is 0 Å². The van der Waals surface area contributed by atoms with Gasteiger partial charge in [-0.25, -0.2) is 0 Å².